The highest BCUT2D eigenvalue weighted by Crippen LogP contribution is 2.41. The van der Waals surface area contributed by atoms with Gasteiger partial charge < -0.3 is 27.6 Å². The Balaban J connectivity index is 1.49. The van der Waals surface area contributed by atoms with E-state index in [0.29, 0.717) is 46.9 Å². The zero-order valence-corrected chi connectivity index (χ0v) is 17.4. The number of hydrogen-bond donors (Lipinski definition) is 0. The molecule has 4 rings (SSSR count). The van der Waals surface area contributed by atoms with Crippen LogP contribution >= 0.6 is 11.8 Å². The lowest BCUT2D eigenvalue weighted by atomic mass is 10.2. The van der Waals surface area contributed by atoms with Crippen molar-refractivity contribution >= 4 is 11.8 Å². The van der Waals surface area contributed by atoms with Gasteiger partial charge in [0.2, 0.25) is 17.5 Å². The molecular formula is C19H19N5O5S. The van der Waals surface area contributed by atoms with Crippen molar-refractivity contribution < 1.29 is 23.0 Å². The number of furan rings is 1. The molecule has 0 aliphatic heterocycles. The van der Waals surface area contributed by atoms with E-state index >= 15 is 0 Å². The Bertz CT molecular complexity index is 1080. The average molecular weight is 429 g/mol. The number of hydrogen-bond acceptors (Lipinski definition) is 10. The number of ether oxygens (including phenoxy) is 3. The molecule has 0 saturated carbocycles. The highest BCUT2D eigenvalue weighted by molar-refractivity contribution is 7.98. The van der Waals surface area contributed by atoms with Crippen LogP contribution in [-0.4, -0.2) is 46.3 Å². The number of nitrogens with zero attached hydrogens (tertiary/aromatic N) is 5. The average Bonchev–Trinajstić information content (AvgIpc) is 3.54. The van der Waals surface area contributed by atoms with Gasteiger partial charge in [0.25, 0.3) is 0 Å². The Morgan fingerprint density at radius 1 is 1.03 bits per heavy atom. The van der Waals surface area contributed by atoms with E-state index in [9.17, 15) is 0 Å². The SMILES string of the molecule is COc1cc(-c2nnc(CSc3nncn3Cc3ccco3)o2)cc(OC)c1OC. The van der Waals surface area contributed by atoms with Crippen LogP contribution in [0.5, 0.6) is 17.2 Å². The summed E-state index contributed by atoms with van der Waals surface area (Å²) in [6, 6.07) is 7.25. The maximum Gasteiger partial charge on any atom is 0.248 e. The Labute approximate surface area is 176 Å². The van der Waals surface area contributed by atoms with Crippen molar-refractivity contribution in [3.63, 3.8) is 0 Å². The first-order valence-electron chi connectivity index (χ1n) is 8.87. The maximum atomic E-state index is 5.82. The van der Waals surface area contributed by atoms with Gasteiger partial charge in [0.1, 0.15) is 12.1 Å². The lowest BCUT2D eigenvalue weighted by Gasteiger charge is -2.12. The Kier molecular flexibility index (Phi) is 5.89. The van der Waals surface area contributed by atoms with Crippen LogP contribution in [0.2, 0.25) is 0 Å². The van der Waals surface area contributed by atoms with Gasteiger partial charge >= 0.3 is 0 Å². The molecule has 0 unspecified atom stereocenters. The lowest BCUT2D eigenvalue weighted by molar-refractivity contribution is 0.324. The first-order chi connectivity index (χ1) is 14.7. The van der Waals surface area contributed by atoms with E-state index in [0.717, 1.165) is 10.9 Å². The smallest absolute Gasteiger partial charge is 0.248 e. The second-order valence-electron chi connectivity index (χ2n) is 6.02. The molecule has 3 heterocycles. The third-order valence-electron chi connectivity index (χ3n) is 4.19. The molecule has 0 fully saturated rings. The summed E-state index contributed by atoms with van der Waals surface area (Å²) in [5.41, 5.74) is 0.661. The molecule has 30 heavy (non-hydrogen) atoms. The first-order valence-corrected chi connectivity index (χ1v) is 9.86. The van der Waals surface area contributed by atoms with E-state index in [1.165, 1.54) is 11.8 Å². The molecule has 0 N–H and O–H groups in total. The van der Waals surface area contributed by atoms with Crippen LogP contribution in [0, 0.1) is 0 Å². The monoisotopic (exact) mass is 429 g/mol. The highest BCUT2D eigenvalue weighted by Gasteiger charge is 2.18. The summed E-state index contributed by atoms with van der Waals surface area (Å²) in [6.45, 7) is 0.544. The molecule has 1 aromatic carbocycles. The Hall–Kier alpha value is -3.47. The normalized spacial score (nSPS) is 10.9. The molecule has 3 aromatic heterocycles. The maximum absolute atomic E-state index is 5.82. The number of benzene rings is 1. The number of methoxy groups -OCH3 is 3. The fraction of sp³-hybridized carbons (Fsp3) is 0.263. The van der Waals surface area contributed by atoms with Gasteiger partial charge in [-0.05, 0) is 24.3 Å². The predicted octanol–water partition coefficient (Wildman–Crippen LogP) is 3.29. The van der Waals surface area contributed by atoms with Crippen LogP contribution in [-0.2, 0) is 12.3 Å². The minimum absolute atomic E-state index is 0.349. The number of rotatable bonds is 9. The topological polar surface area (TPSA) is 110 Å². The van der Waals surface area contributed by atoms with Crippen LogP contribution in [0.4, 0.5) is 0 Å². The predicted molar refractivity (Wildman–Crippen MR) is 107 cm³/mol. The first kappa shape index (κ1) is 19.8. The van der Waals surface area contributed by atoms with Gasteiger partial charge in [-0.15, -0.1) is 20.4 Å². The quantitative estimate of drug-likeness (QED) is 0.367. The summed E-state index contributed by atoms with van der Waals surface area (Å²) < 4.78 is 29.2. The summed E-state index contributed by atoms with van der Waals surface area (Å²) in [5.74, 6) is 3.57. The largest absolute Gasteiger partial charge is 0.493 e. The minimum Gasteiger partial charge on any atom is -0.493 e. The molecule has 0 radical (unpaired) electrons. The number of aromatic nitrogens is 5. The second-order valence-corrected chi connectivity index (χ2v) is 6.97. The Morgan fingerprint density at radius 2 is 1.83 bits per heavy atom. The molecule has 0 spiro atoms. The van der Waals surface area contributed by atoms with E-state index in [-0.39, 0.29) is 0 Å². The van der Waals surface area contributed by atoms with Gasteiger partial charge in [0.05, 0.1) is 39.9 Å². The highest BCUT2D eigenvalue weighted by atomic mass is 32.2. The van der Waals surface area contributed by atoms with Gasteiger partial charge in [-0.25, -0.2) is 0 Å². The third-order valence-corrected chi connectivity index (χ3v) is 5.16. The van der Waals surface area contributed by atoms with Crippen molar-refractivity contribution in [2.24, 2.45) is 0 Å². The van der Waals surface area contributed by atoms with E-state index in [1.807, 2.05) is 16.7 Å². The molecule has 156 valence electrons. The zero-order chi connectivity index (χ0) is 20.9. The second kappa shape index (κ2) is 8.91. The summed E-state index contributed by atoms with van der Waals surface area (Å²) >= 11 is 1.44. The minimum atomic E-state index is 0.349. The zero-order valence-electron chi connectivity index (χ0n) is 16.6. The fourth-order valence-corrected chi connectivity index (χ4v) is 3.55. The van der Waals surface area contributed by atoms with Crippen LogP contribution in [0.15, 0.2) is 50.8 Å². The van der Waals surface area contributed by atoms with E-state index in [1.54, 1.807) is 46.1 Å². The van der Waals surface area contributed by atoms with Gasteiger partial charge in [0, 0.05) is 5.56 Å². The lowest BCUT2D eigenvalue weighted by Crippen LogP contribution is -1.99. The summed E-state index contributed by atoms with van der Waals surface area (Å²) in [7, 11) is 4.65. The van der Waals surface area contributed by atoms with Crippen LogP contribution < -0.4 is 14.2 Å². The fourth-order valence-electron chi connectivity index (χ4n) is 2.79. The van der Waals surface area contributed by atoms with E-state index < -0.39 is 0 Å². The molecule has 0 aliphatic carbocycles. The molecule has 0 atom stereocenters. The van der Waals surface area contributed by atoms with Crippen molar-refractivity contribution in [1.82, 2.24) is 25.0 Å². The number of thioether (sulfide) groups is 1. The molecular weight excluding hydrogens is 410 g/mol. The third kappa shape index (κ3) is 4.10. The molecule has 0 saturated heterocycles. The van der Waals surface area contributed by atoms with Crippen LogP contribution in [0.3, 0.4) is 0 Å². The molecule has 10 nitrogen and oxygen atoms in total. The van der Waals surface area contributed by atoms with Crippen molar-refractivity contribution in [3.05, 3.63) is 48.5 Å². The van der Waals surface area contributed by atoms with E-state index in [4.69, 9.17) is 23.0 Å². The van der Waals surface area contributed by atoms with Crippen LogP contribution in [0.1, 0.15) is 11.7 Å². The summed E-state index contributed by atoms with van der Waals surface area (Å²) in [4.78, 5) is 0. The van der Waals surface area contributed by atoms with Crippen LogP contribution in [0.25, 0.3) is 11.5 Å². The molecule has 0 amide bonds. The molecule has 11 heteroatoms. The van der Waals surface area contributed by atoms with Gasteiger partial charge in [0.15, 0.2) is 16.7 Å². The van der Waals surface area contributed by atoms with Gasteiger partial charge in [-0.2, -0.15) is 0 Å². The van der Waals surface area contributed by atoms with Gasteiger partial charge in [-0.1, -0.05) is 11.8 Å². The summed E-state index contributed by atoms with van der Waals surface area (Å²) in [5, 5.41) is 17.1. The van der Waals surface area contributed by atoms with Crippen molar-refractivity contribution in [1.29, 1.82) is 0 Å². The Morgan fingerprint density at radius 3 is 2.50 bits per heavy atom. The summed E-state index contributed by atoms with van der Waals surface area (Å²) in [6.07, 6.45) is 3.29. The van der Waals surface area contributed by atoms with Crippen molar-refractivity contribution in [3.8, 4) is 28.7 Å². The van der Waals surface area contributed by atoms with Crippen molar-refractivity contribution in [2.45, 2.75) is 17.5 Å². The molecule has 0 aliphatic rings. The van der Waals surface area contributed by atoms with Gasteiger partial charge in [-0.3, -0.25) is 0 Å². The standard InChI is InChI=1S/C19H19N5O5S/c1-25-14-7-12(8-15(26-2)17(14)27-3)18-22-21-16(29-18)10-30-19-23-20-11-24(19)9-13-5-4-6-28-13/h4-8,11H,9-10H2,1-3H3. The van der Waals surface area contributed by atoms with E-state index in [2.05, 4.69) is 20.4 Å². The molecule has 0 bridgehead atoms. The molecule has 4 aromatic rings. The van der Waals surface area contributed by atoms with Crippen molar-refractivity contribution in [2.75, 3.05) is 21.3 Å².